The second-order valence-corrected chi connectivity index (χ2v) is 6.63. The third-order valence-corrected chi connectivity index (χ3v) is 3.38. The molecule has 0 spiro atoms. The van der Waals surface area contributed by atoms with Crippen LogP contribution in [0, 0.1) is 0 Å². The number of rotatable bonds is 10. The minimum absolute atomic E-state index is 0.0707. The van der Waals surface area contributed by atoms with Crippen molar-refractivity contribution >= 4 is 0 Å². The summed E-state index contributed by atoms with van der Waals surface area (Å²) in [6.07, 6.45) is 2.69. The summed E-state index contributed by atoms with van der Waals surface area (Å²) < 4.78 is 11.9. The molecule has 0 aromatic rings. The zero-order valence-corrected chi connectivity index (χ0v) is 13.7. The maximum atomic E-state index is 5.95. The first-order valence-corrected chi connectivity index (χ1v) is 7.39. The van der Waals surface area contributed by atoms with Gasteiger partial charge in [0.1, 0.15) is 0 Å². The topological polar surface area (TPSA) is 70.5 Å². The van der Waals surface area contributed by atoms with Crippen LogP contribution < -0.4 is 11.5 Å². The molecule has 4 N–H and O–H groups in total. The van der Waals surface area contributed by atoms with Gasteiger partial charge in [-0.2, -0.15) is 0 Å². The SMILES string of the molecule is CCC(C)(CCOC(C)(C)CC(C)N)OCC(C)N. The van der Waals surface area contributed by atoms with Crippen molar-refractivity contribution in [1.82, 2.24) is 0 Å². The highest BCUT2D eigenvalue weighted by Gasteiger charge is 2.26. The third kappa shape index (κ3) is 9.38. The van der Waals surface area contributed by atoms with E-state index in [0.717, 1.165) is 19.3 Å². The van der Waals surface area contributed by atoms with Crippen LogP contribution in [0.2, 0.25) is 0 Å². The Hall–Kier alpha value is -0.160. The Morgan fingerprint density at radius 2 is 1.58 bits per heavy atom. The molecule has 0 bridgehead atoms. The van der Waals surface area contributed by atoms with Gasteiger partial charge in [0.25, 0.3) is 0 Å². The fourth-order valence-electron chi connectivity index (χ4n) is 2.06. The van der Waals surface area contributed by atoms with Crippen LogP contribution in [-0.4, -0.2) is 36.5 Å². The minimum atomic E-state index is -0.177. The second kappa shape index (κ2) is 8.20. The van der Waals surface area contributed by atoms with Gasteiger partial charge in [0, 0.05) is 12.1 Å². The largest absolute Gasteiger partial charge is 0.375 e. The van der Waals surface area contributed by atoms with Crippen molar-refractivity contribution in [1.29, 1.82) is 0 Å². The summed E-state index contributed by atoms with van der Waals surface area (Å²) in [6, 6.07) is 0.225. The standard InChI is InChI=1S/C15H34N2O2/c1-7-15(6,19-11-13(3)17)8-9-18-14(4,5)10-12(2)16/h12-13H,7-11,16-17H2,1-6H3. The van der Waals surface area contributed by atoms with E-state index in [1.807, 2.05) is 13.8 Å². The zero-order valence-electron chi connectivity index (χ0n) is 13.7. The normalized spacial score (nSPS) is 18.9. The van der Waals surface area contributed by atoms with Crippen LogP contribution >= 0.6 is 0 Å². The van der Waals surface area contributed by atoms with Gasteiger partial charge in [-0.25, -0.2) is 0 Å². The zero-order chi connectivity index (χ0) is 15.1. The Bertz CT molecular complexity index is 242. The molecule has 0 saturated heterocycles. The smallest absolute Gasteiger partial charge is 0.0674 e. The summed E-state index contributed by atoms with van der Waals surface area (Å²) in [5, 5.41) is 0. The minimum Gasteiger partial charge on any atom is -0.375 e. The highest BCUT2D eigenvalue weighted by atomic mass is 16.5. The second-order valence-electron chi connectivity index (χ2n) is 6.63. The fraction of sp³-hybridized carbons (Fsp3) is 1.00. The fourth-order valence-corrected chi connectivity index (χ4v) is 2.06. The van der Waals surface area contributed by atoms with Gasteiger partial charge in [0.15, 0.2) is 0 Å². The summed E-state index contributed by atoms with van der Waals surface area (Å²) in [4.78, 5) is 0. The van der Waals surface area contributed by atoms with Crippen LogP contribution in [0.25, 0.3) is 0 Å². The van der Waals surface area contributed by atoms with Crippen LogP contribution in [0.4, 0.5) is 0 Å². The maximum Gasteiger partial charge on any atom is 0.0674 e. The molecule has 0 aliphatic heterocycles. The van der Waals surface area contributed by atoms with Gasteiger partial charge in [-0.1, -0.05) is 6.92 Å². The van der Waals surface area contributed by atoms with E-state index in [-0.39, 0.29) is 23.3 Å². The first kappa shape index (κ1) is 18.8. The van der Waals surface area contributed by atoms with Gasteiger partial charge in [0.05, 0.1) is 24.4 Å². The van der Waals surface area contributed by atoms with Crippen molar-refractivity contribution in [2.24, 2.45) is 11.5 Å². The Balaban J connectivity index is 4.13. The molecular formula is C15H34N2O2. The van der Waals surface area contributed by atoms with Gasteiger partial charge < -0.3 is 20.9 Å². The molecule has 4 heteroatoms. The summed E-state index contributed by atoms with van der Waals surface area (Å²) >= 11 is 0. The average molecular weight is 274 g/mol. The molecule has 19 heavy (non-hydrogen) atoms. The maximum absolute atomic E-state index is 5.95. The van der Waals surface area contributed by atoms with Gasteiger partial charge >= 0.3 is 0 Å². The summed E-state index contributed by atoms with van der Waals surface area (Å²) in [5.74, 6) is 0. The van der Waals surface area contributed by atoms with Crippen LogP contribution in [0.3, 0.4) is 0 Å². The molecule has 4 nitrogen and oxygen atoms in total. The van der Waals surface area contributed by atoms with Gasteiger partial charge in [-0.15, -0.1) is 0 Å². The van der Waals surface area contributed by atoms with E-state index in [0.29, 0.717) is 13.2 Å². The molecule has 0 aliphatic rings. The summed E-state index contributed by atoms with van der Waals surface area (Å²) in [6.45, 7) is 13.7. The lowest BCUT2D eigenvalue weighted by molar-refractivity contribution is -0.0865. The van der Waals surface area contributed by atoms with Crippen LogP contribution in [0.15, 0.2) is 0 Å². The first-order chi connectivity index (χ1) is 8.60. The Labute approximate surface area is 119 Å². The lowest BCUT2D eigenvalue weighted by Crippen LogP contribution is -2.37. The quantitative estimate of drug-likeness (QED) is 0.642. The summed E-state index contributed by atoms with van der Waals surface area (Å²) in [7, 11) is 0. The van der Waals surface area contributed by atoms with Gasteiger partial charge in [0.2, 0.25) is 0 Å². The molecule has 0 aliphatic carbocycles. The highest BCUT2D eigenvalue weighted by Crippen LogP contribution is 2.23. The summed E-state index contributed by atoms with van der Waals surface area (Å²) in [5.41, 5.74) is 11.2. The Kier molecular flexibility index (Phi) is 8.13. The predicted molar refractivity (Wildman–Crippen MR) is 81.2 cm³/mol. The van der Waals surface area contributed by atoms with E-state index in [2.05, 4.69) is 27.7 Å². The molecular weight excluding hydrogens is 240 g/mol. The third-order valence-electron chi connectivity index (χ3n) is 3.38. The average Bonchev–Trinajstić information content (AvgIpc) is 2.24. The molecule has 0 fully saturated rings. The van der Waals surface area contributed by atoms with Gasteiger partial charge in [-0.05, 0) is 53.9 Å². The monoisotopic (exact) mass is 274 g/mol. The van der Waals surface area contributed by atoms with Crippen molar-refractivity contribution in [3.63, 3.8) is 0 Å². The Morgan fingerprint density at radius 3 is 2.00 bits per heavy atom. The molecule has 0 saturated carbocycles. The lowest BCUT2D eigenvalue weighted by atomic mass is 9.98. The molecule has 0 aromatic carbocycles. The molecule has 0 amide bonds. The number of hydrogen-bond acceptors (Lipinski definition) is 4. The van der Waals surface area contributed by atoms with Crippen LogP contribution in [0.5, 0.6) is 0 Å². The predicted octanol–water partition coefficient (Wildman–Crippen LogP) is 2.44. The van der Waals surface area contributed by atoms with E-state index in [1.54, 1.807) is 0 Å². The van der Waals surface area contributed by atoms with Crippen LogP contribution in [0.1, 0.15) is 60.8 Å². The molecule has 0 radical (unpaired) electrons. The van der Waals surface area contributed by atoms with E-state index < -0.39 is 0 Å². The van der Waals surface area contributed by atoms with E-state index in [1.165, 1.54) is 0 Å². The van der Waals surface area contributed by atoms with Crippen molar-refractivity contribution in [2.45, 2.75) is 84.1 Å². The van der Waals surface area contributed by atoms with Crippen molar-refractivity contribution in [2.75, 3.05) is 13.2 Å². The van der Waals surface area contributed by atoms with Crippen molar-refractivity contribution < 1.29 is 9.47 Å². The molecule has 3 atom stereocenters. The van der Waals surface area contributed by atoms with Crippen LogP contribution in [-0.2, 0) is 9.47 Å². The van der Waals surface area contributed by atoms with Crippen molar-refractivity contribution in [3.8, 4) is 0 Å². The molecule has 0 rings (SSSR count). The number of hydrogen-bond donors (Lipinski definition) is 2. The van der Waals surface area contributed by atoms with E-state index >= 15 is 0 Å². The lowest BCUT2D eigenvalue weighted by Gasteiger charge is -2.32. The molecule has 116 valence electrons. The van der Waals surface area contributed by atoms with E-state index in [4.69, 9.17) is 20.9 Å². The van der Waals surface area contributed by atoms with Crippen molar-refractivity contribution in [3.05, 3.63) is 0 Å². The number of ether oxygens (including phenoxy) is 2. The molecule has 0 heterocycles. The van der Waals surface area contributed by atoms with E-state index in [9.17, 15) is 0 Å². The molecule has 0 aromatic heterocycles. The van der Waals surface area contributed by atoms with Gasteiger partial charge in [-0.3, -0.25) is 0 Å². The number of nitrogens with two attached hydrogens (primary N) is 2. The highest BCUT2D eigenvalue weighted by molar-refractivity contribution is 4.77. The first-order valence-electron chi connectivity index (χ1n) is 7.39. The molecule has 3 unspecified atom stereocenters. The Morgan fingerprint density at radius 1 is 1.00 bits per heavy atom.